The molecule has 246 valence electrons. The first-order chi connectivity index (χ1) is 23.9. The first-order valence-corrected chi connectivity index (χ1v) is 17.6. The normalized spacial score (nSPS) is 12.6. The van der Waals surface area contributed by atoms with E-state index in [9.17, 15) is 9.59 Å². The molecule has 0 radical (unpaired) electrons. The lowest BCUT2D eigenvalue weighted by atomic mass is 10.1. The molecule has 0 bridgehead atoms. The fraction of sp³-hybridized carbons (Fsp3) is 0.216. The van der Waals surface area contributed by atoms with E-state index in [4.69, 9.17) is 24.4 Å². The highest BCUT2D eigenvalue weighted by atomic mass is 32.2. The van der Waals surface area contributed by atoms with Crippen molar-refractivity contribution in [1.82, 2.24) is 28.9 Å². The molecule has 0 saturated carbocycles. The number of rotatable bonds is 8. The van der Waals surface area contributed by atoms with E-state index in [1.807, 2.05) is 80.7 Å². The number of aromatic nitrogens is 6. The molecule has 0 fully saturated rings. The standard InChI is InChI=1S/C37H32N6O4S2/c1-21-32(36(45)43(41(21)2)23-11-6-5-7-12-23)42-35(44)24-13-8-9-15-26(24)38-37(42)49-34-31-25-14-10-16-29(25)48-33(31)39-30(40-34)20-22-17-18-27(46-3)28(19-22)47-4/h5-9,11-13,15,17-19H,10,14,16,20H2,1-4H3. The van der Waals surface area contributed by atoms with Crippen molar-refractivity contribution in [2.24, 2.45) is 7.05 Å². The highest BCUT2D eigenvalue weighted by molar-refractivity contribution is 7.99. The summed E-state index contributed by atoms with van der Waals surface area (Å²) in [4.78, 5) is 46.1. The second-order valence-electron chi connectivity index (χ2n) is 11.9. The van der Waals surface area contributed by atoms with Crippen LogP contribution in [0.4, 0.5) is 0 Å². The zero-order valence-corrected chi connectivity index (χ0v) is 29.0. The Bertz CT molecular complexity index is 2530. The van der Waals surface area contributed by atoms with Crippen molar-refractivity contribution in [1.29, 1.82) is 0 Å². The highest BCUT2D eigenvalue weighted by Crippen LogP contribution is 2.42. The molecule has 10 nitrogen and oxygen atoms in total. The molecule has 1 aliphatic carbocycles. The lowest BCUT2D eigenvalue weighted by Crippen LogP contribution is -2.28. The Labute approximate surface area is 289 Å². The van der Waals surface area contributed by atoms with Crippen molar-refractivity contribution in [3.8, 4) is 22.9 Å². The van der Waals surface area contributed by atoms with Gasteiger partial charge in [-0.2, -0.15) is 0 Å². The van der Waals surface area contributed by atoms with Crippen LogP contribution in [0.2, 0.25) is 0 Å². The first kappa shape index (κ1) is 31.1. The van der Waals surface area contributed by atoms with Crippen LogP contribution in [0.3, 0.4) is 0 Å². The van der Waals surface area contributed by atoms with Gasteiger partial charge in [0.1, 0.15) is 21.4 Å². The second kappa shape index (κ2) is 12.4. The molecule has 0 amide bonds. The summed E-state index contributed by atoms with van der Waals surface area (Å²) in [7, 11) is 5.05. The van der Waals surface area contributed by atoms with Gasteiger partial charge in [-0.15, -0.1) is 11.3 Å². The third-order valence-corrected chi connectivity index (χ3v) is 11.2. The van der Waals surface area contributed by atoms with Gasteiger partial charge in [-0.3, -0.25) is 14.3 Å². The molecule has 0 aliphatic heterocycles. The number of hydrogen-bond donors (Lipinski definition) is 0. The molecule has 4 aromatic heterocycles. The molecule has 0 spiro atoms. The summed E-state index contributed by atoms with van der Waals surface area (Å²) in [5.74, 6) is 1.92. The van der Waals surface area contributed by atoms with Crippen molar-refractivity contribution in [2.45, 2.75) is 42.8 Å². The zero-order valence-electron chi connectivity index (χ0n) is 27.4. The van der Waals surface area contributed by atoms with Crippen LogP contribution in [0, 0.1) is 6.92 Å². The summed E-state index contributed by atoms with van der Waals surface area (Å²) < 4.78 is 15.8. The van der Waals surface area contributed by atoms with Gasteiger partial charge in [0, 0.05) is 23.7 Å². The average Bonchev–Trinajstić information content (AvgIpc) is 3.77. The van der Waals surface area contributed by atoms with E-state index in [2.05, 4.69) is 0 Å². The van der Waals surface area contributed by atoms with Gasteiger partial charge in [-0.25, -0.2) is 24.2 Å². The predicted octanol–water partition coefficient (Wildman–Crippen LogP) is 6.44. The molecule has 3 aromatic carbocycles. The molecule has 0 N–H and O–H groups in total. The van der Waals surface area contributed by atoms with Crippen molar-refractivity contribution in [2.75, 3.05) is 14.2 Å². The van der Waals surface area contributed by atoms with Gasteiger partial charge in [0.05, 0.1) is 36.5 Å². The Kier molecular flexibility index (Phi) is 7.84. The third-order valence-electron chi connectivity index (χ3n) is 9.07. The van der Waals surface area contributed by atoms with Crippen LogP contribution in [-0.4, -0.2) is 43.1 Å². The Balaban J connectivity index is 1.33. The quantitative estimate of drug-likeness (QED) is 0.133. The topological polar surface area (TPSA) is 106 Å². The van der Waals surface area contributed by atoms with E-state index in [1.54, 1.807) is 41.0 Å². The smallest absolute Gasteiger partial charge is 0.296 e. The molecule has 12 heteroatoms. The minimum atomic E-state index is -0.314. The number of para-hydroxylation sites is 2. The summed E-state index contributed by atoms with van der Waals surface area (Å²) >= 11 is 3.02. The summed E-state index contributed by atoms with van der Waals surface area (Å²) in [5, 5.41) is 2.51. The van der Waals surface area contributed by atoms with Crippen LogP contribution in [0.15, 0.2) is 92.6 Å². The SMILES string of the molecule is COc1ccc(Cc2nc(Sc3nc4ccccc4c(=O)n3-c3c(C)n(C)n(-c4ccccc4)c3=O)c3c4c(sc3n2)CCC4)cc1OC. The van der Waals surface area contributed by atoms with E-state index in [0.717, 1.165) is 35.0 Å². The van der Waals surface area contributed by atoms with Gasteiger partial charge in [-0.05, 0) is 85.5 Å². The summed E-state index contributed by atoms with van der Waals surface area (Å²) in [6.07, 6.45) is 3.49. The van der Waals surface area contributed by atoms with E-state index in [-0.39, 0.29) is 16.8 Å². The van der Waals surface area contributed by atoms with Gasteiger partial charge < -0.3 is 9.47 Å². The van der Waals surface area contributed by atoms with E-state index in [0.29, 0.717) is 56.2 Å². The largest absolute Gasteiger partial charge is 0.493 e. The number of benzene rings is 3. The van der Waals surface area contributed by atoms with Crippen LogP contribution in [0.1, 0.15) is 33.9 Å². The van der Waals surface area contributed by atoms with Gasteiger partial charge in [0.2, 0.25) is 0 Å². The lowest BCUT2D eigenvalue weighted by molar-refractivity contribution is 0.354. The fourth-order valence-corrected chi connectivity index (χ4v) is 9.01. The summed E-state index contributed by atoms with van der Waals surface area (Å²) in [5.41, 5.74) is 3.74. The number of thiophene rings is 1. The molecule has 0 atom stereocenters. The maximum atomic E-state index is 14.4. The molecule has 4 heterocycles. The maximum Gasteiger partial charge on any atom is 0.296 e. The van der Waals surface area contributed by atoms with Crippen molar-refractivity contribution in [3.63, 3.8) is 0 Å². The monoisotopic (exact) mass is 688 g/mol. The van der Waals surface area contributed by atoms with E-state index < -0.39 is 0 Å². The van der Waals surface area contributed by atoms with Gasteiger partial charge in [0.15, 0.2) is 16.7 Å². The number of aryl methyl sites for hydroxylation is 2. The Hall–Kier alpha value is -5.20. The van der Waals surface area contributed by atoms with E-state index >= 15 is 0 Å². The molecule has 49 heavy (non-hydrogen) atoms. The molecule has 0 unspecified atom stereocenters. The van der Waals surface area contributed by atoms with Crippen molar-refractivity contribution >= 4 is 44.2 Å². The number of hydrogen-bond acceptors (Lipinski definition) is 9. The second-order valence-corrected chi connectivity index (χ2v) is 14.0. The number of nitrogens with zero attached hydrogens (tertiary/aromatic N) is 6. The molecule has 0 saturated heterocycles. The zero-order chi connectivity index (χ0) is 33.8. The molecular weight excluding hydrogens is 657 g/mol. The molecule has 7 aromatic rings. The molecule has 1 aliphatic rings. The van der Waals surface area contributed by atoms with Crippen molar-refractivity contribution in [3.05, 3.63) is 121 Å². The fourth-order valence-electron chi connectivity index (χ4n) is 6.61. The van der Waals surface area contributed by atoms with Crippen LogP contribution >= 0.6 is 23.1 Å². The predicted molar refractivity (Wildman–Crippen MR) is 193 cm³/mol. The minimum absolute atomic E-state index is 0.253. The van der Waals surface area contributed by atoms with E-state index in [1.165, 1.54) is 26.8 Å². The van der Waals surface area contributed by atoms with Gasteiger partial charge >= 0.3 is 0 Å². The summed E-state index contributed by atoms with van der Waals surface area (Å²) in [6.45, 7) is 1.85. The maximum absolute atomic E-state index is 14.4. The Morgan fingerprint density at radius 2 is 1.65 bits per heavy atom. The highest BCUT2D eigenvalue weighted by Gasteiger charge is 2.27. The lowest BCUT2D eigenvalue weighted by Gasteiger charge is -2.13. The molecular formula is C37H32N6O4S2. The Morgan fingerprint density at radius 3 is 2.45 bits per heavy atom. The number of methoxy groups -OCH3 is 2. The van der Waals surface area contributed by atoms with Crippen molar-refractivity contribution < 1.29 is 9.47 Å². The minimum Gasteiger partial charge on any atom is -0.493 e. The number of fused-ring (bicyclic) bond motifs is 4. The van der Waals surface area contributed by atoms with Gasteiger partial charge in [-0.1, -0.05) is 36.4 Å². The van der Waals surface area contributed by atoms with Crippen LogP contribution in [0.5, 0.6) is 11.5 Å². The van der Waals surface area contributed by atoms with Crippen LogP contribution in [-0.2, 0) is 26.3 Å². The Morgan fingerprint density at radius 1 is 0.878 bits per heavy atom. The molecule has 8 rings (SSSR count). The first-order valence-electron chi connectivity index (χ1n) is 15.9. The number of ether oxygens (including phenoxy) is 2. The average molecular weight is 689 g/mol. The van der Waals surface area contributed by atoms with Crippen LogP contribution in [0.25, 0.3) is 32.5 Å². The van der Waals surface area contributed by atoms with Crippen LogP contribution < -0.4 is 20.6 Å². The summed E-state index contributed by atoms with van der Waals surface area (Å²) in [6, 6.07) is 22.5. The van der Waals surface area contributed by atoms with Gasteiger partial charge in [0.25, 0.3) is 11.1 Å². The third kappa shape index (κ3) is 5.22.